The van der Waals surface area contributed by atoms with Gasteiger partial charge in [0, 0.05) is 22.2 Å². The second-order valence-corrected chi connectivity index (χ2v) is 7.87. The van der Waals surface area contributed by atoms with Crippen molar-refractivity contribution in [2.24, 2.45) is 0 Å². The van der Waals surface area contributed by atoms with E-state index in [1.807, 2.05) is 30.4 Å². The van der Waals surface area contributed by atoms with Crippen molar-refractivity contribution in [1.29, 1.82) is 0 Å². The second-order valence-electron chi connectivity index (χ2n) is 6.92. The summed E-state index contributed by atoms with van der Waals surface area (Å²) in [6, 6.07) is 1.67. The van der Waals surface area contributed by atoms with E-state index in [0.29, 0.717) is 0 Å². The van der Waals surface area contributed by atoms with E-state index < -0.39 is 6.10 Å². The van der Waals surface area contributed by atoms with Crippen molar-refractivity contribution in [2.45, 2.75) is 76.9 Å². The zero-order valence-corrected chi connectivity index (χ0v) is 16.9. The van der Waals surface area contributed by atoms with Gasteiger partial charge < -0.3 is 15.1 Å². The Kier molecular flexibility index (Phi) is 11.9. The molecule has 4 heteroatoms. The number of aliphatic hydroxyl groups is 2. The van der Waals surface area contributed by atoms with Crippen LogP contribution in [0.3, 0.4) is 0 Å². The van der Waals surface area contributed by atoms with E-state index in [1.165, 1.54) is 62.7 Å². The van der Waals surface area contributed by atoms with Crippen molar-refractivity contribution in [3.63, 3.8) is 0 Å². The van der Waals surface area contributed by atoms with Gasteiger partial charge >= 0.3 is 0 Å². The third-order valence-corrected chi connectivity index (χ3v) is 5.52. The lowest BCUT2D eigenvalue weighted by molar-refractivity contribution is 0.0411. The van der Waals surface area contributed by atoms with Gasteiger partial charge in [0.2, 0.25) is 0 Å². The van der Waals surface area contributed by atoms with Crippen molar-refractivity contribution >= 4 is 11.3 Å². The third kappa shape index (κ3) is 8.87. The van der Waals surface area contributed by atoms with Gasteiger partial charge in [-0.2, -0.15) is 0 Å². The Morgan fingerprint density at radius 2 is 1.72 bits per heavy atom. The molecule has 0 saturated carbocycles. The van der Waals surface area contributed by atoms with Crippen LogP contribution in [0.25, 0.3) is 0 Å². The average Bonchev–Trinajstić information content (AvgIpc) is 3.05. The highest BCUT2D eigenvalue weighted by Crippen LogP contribution is 2.26. The average molecular weight is 366 g/mol. The first-order valence-electron chi connectivity index (χ1n) is 9.62. The summed E-state index contributed by atoms with van der Waals surface area (Å²) in [6.07, 6.45) is 10.8. The molecule has 0 aliphatic heterocycles. The molecule has 2 N–H and O–H groups in total. The highest BCUT2D eigenvalue weighted by atomic mass is 32.1. The molecule has 0 aliphatic rings. The van der Waals surface area contributed by atoms with Crippen molar-refractivity contribution in [3.8, 4) is 11.8 Å². The van der Waals surface area contributed by atoms with E-state index in [9.17, 15) is 10.2 Å². The lowest BCUT2D eigenvalue weighted by Crippen LogP contribution is -2.36. The monoisotopic (exact) mass is 365 g/mol. The molecule has 0 fully saturated rings. The molecule has 2 atom stereocenters. The molecule has 142 valence electrons. The Morgan fingerprint density at radius 1 is 1.08 bits per heavy atom. The smallest absolute Gasteiger partial charge is 0.106 e. The standard InChI is InChI=1S/C21H35NO2S/c1-4-5-6-7-8-9-10-11-12-13-14-18-15-20(25-17-18)21(24)19(16-23)22(2)3/h15,17,19,21,23-24H,4-12,16H2,1-3H3. The van der Waals surface area contributed by atoms with Crippen LogP contribution in [0.2, 0.25) is 0 Å². The zero-order valence-electron chi connectivity index (χ0n) is 16.1. The molecule has 25 heavy (non-hydrogen) atoms. The zero-order chi connectivity index (χ0) is 18.5. The highest BCUT2D eigenvalue weighted by Gasteiger charge is 2.23. The van der Waals surface area contributed by atoms with E-state index in [4.69, 9.17) is 0 Å². The molecular weight excluding hydrogens is 330 g/mol. The van der Waals surface area contributed by atoms with Crippen LogP contribution in [0.15, 0.2) is 11.4 Å². The second kappa shape index (κ2) is 13.4. The highest BCUT2D eigenvalue weighted by molar-refractivity contribution is 7.10. The molecule has 3 nitrogen and oxygen atoms in total. The van der Waals surface area contributed by atoms with Crippen LogP contribution in [-0.2, 0) is 0 Å². The molecular formula is C21H35NO2S. The number of thiophene rings is 1. The summed E-state index contributed by atoms with van der Waals surface area (Å²) in [7, 11) is 3.73. The topological polar surface area (TPSA) is 43.7 Å². The molecule has 1 heterocycles. The molecule has 0 radical (unpaired) electrons. The van der Waals surface area contributed by atoms with Gasteiger partial charge in [-0.25, -0.2) is 0 Å². The summed E-state index contributed by atoms with van der Waals surface area (Å²) in [5.74, 6) is 6.44. The first-order chi connectivity index (χ1) is 12.1. The summed E-state index contributed by atoms with van der Waals surface area (Å²) >= 11 is 1.51. The maximum absolute atomic E-state index is 10.4. The number of aliphatic hydroxyl groups excluding tert-OH is 2. The molecule has 2 unspecified atom stereocenters. The molecule has 1 aromatic rings. The maximum Gasteiger partial charge on any atom is 0.106 e. The third-order valence-electron chi connectivity index (χ3n) is 4.51. The SMILES string of the molecule is CCCCCCCCCCC#Cc1csc(C(O)C(CO)N(C)C)c1. The Morgan fingerprint density at radius 3 is 2.32 bits per heavy atom. The van der Waals surface area contributed by atoms with Crippen molar-refractivity contribution in [2.75, 3.05) is 20.7 Å². The molecule has 0 amide bonds. The fraction of sp³-hybridized carbons (Fsp3) is 0.714. The van der Waals surface area contributed by atoms with Gasteiger partial charge in [0.15, 0.2) is 0 Å². The van der Waals surface area contributed by atoms with Crippen molar-refractivity contribution in [1.82, 2.24) is 4.90 Å². The number of nitrogens with zero attached hydrogens (tertiary/aromatic N) is 1. The Balaban J connectivity index is 2.28. The van der Waals surface area contributed by atoms with Crippen LogP contribution in [0, 0.1) is 11.8 Å². The fourth-order valence-electron chi connectivity index (χ4n) is 2.82. The Bertz CT molecular complexity index is 515. The molecule has 1 rings (SSSR count). The molecule has 0 spiro atoms. The van der Waals surface area contributed by atoms with Crippen LogP contribution in [0.1, 0.15) is 81.3 Å². The van der Waals surface area contributed by atoms with E-state index in [-0.39, 0.29) is 12.6 Å². The summed E-state index contributed by atoms with van der Waals surface area (Å²) in [4.78, 5) is 2.71. The molecule has 0 aliphatic carbocycles. The van der Waals surface area contributed by atoms with Crippen molar-refractivity contribution in [3.05, 3.63) is 21.9 Å². The number of rotatable bonds is 12. The summed E-state index contributed by atoms with van der Waals surface area (Å²) in [6.45, 7) is 2.19. The number of hydrogen-bond acceptors (Lipinski definition) is 4. The van der Waals surface area contributed by atoms with Gasteiger partial charge in [-0.05, 0) is 26.6 Å². The summed E-state index contributed by atoms with van der Waals surface area (Å²) in [5, 5.41) is 21.8. The summed E-state index contributed by atoms with van der Waals surface area (Å²) < 4.78 is 0. The number of hydrogen-bond donors (Lipinski definition) is 2. The first-order valence-corrected chi connectivity index (χ1v) is 10.5. The first kappa shape index (κ1) is 22.2. The van der Waals surface area contributed by atoms with E-state index in [2.05, 4.69) is 18.8 Å². The molecule has 0 saturated heterocycles. The van der Waals surface area contributed by atoms with Gasteiger partial charge in [-0.15, -0.1) is 11.3 Å². The van der Waals surface area contributed by atoms with E-state index >= 15 is 0 Å². The minimum Gasteiger partial charge on any atom is -0.395 e. The largest absolute Gasteiger partial charge is 0.395 e. The number of likely N-dealkylation sites (N-methyl/N-ethyl adjacent to an activating group) is 1. The van der Waals surface area contributed by atoms with Crippen LogP contribution < -0.4 is 0 Å². The molecule has 0 bridgehead atoms. The minimum atomic E-state index is -0.673. The van der Waals surface area contributed by atoms with Crippen LogP contribution in [0.5, 0.6) is 0 Å². The van der Waals surface area contributed by atoms with E-state index in [1.54, 1.807) is 0 Å². The molecule has 1 aromatic heterocycles. The predicted molar refractivity (Wildman–Crippen MR) is 108 cm³/mol. The minimum absolute atomic E-state index is 0.0640. The lowest BCUT2D eigenvalue weighted by atomic mass is 10.1. The lowest BCUT2D eigenvalue weighted by Gasteiger charge is -2.26. The van der Waals surface area contributed by atoms with Gasteiger partial charge in [0.25, 0.3) is 0 Å². The van der Waals surface area contributed by atoms with Crippen LogP contribution in [0.4, 0.5) is 0 Å². The fourth-order valence-corrected chi connectivity index (χ4v) is 3.70. The summed E-state index contributed by atoms with van der Waals surface area (Å²) in [5.41, 5.74) is 0.967. The normalized spacial score (nSPS) is 13.5. The van der Waals surface area contributed by atoms with Gasteiger partial charge in [0.05, 0.1) is 12.6 Å². The molecule has 0 aromatic carbocycles. The Hall–Kier alpha value is -0.860. The van der Waals surface area contributed by atoms with Crippen LogP contribution >= 0.6 is 11.3 Å². The van der Waals surface area contributed by atoms with E-state index in [0.717, 1.165) is 16.9 Å². The maximum atomic E-state index is 10.4. The number of unbranched alkanes of at least 4 members (excludes halogenated alkanes) is 8. The van der Waals surface area contributed by atoms with Gasteiger partial charge in [0.1, 0.15) is 6.10 Å². The predicted octanol–water partition coefficient (Wildman–Crippen LogP) is 4.59. The van der Waals surface area contributed by atoms with Crippen molar-refractivity contribution < 1.29 is 10.2 Å². The van der Waals surface area contributed by atoms with Crippen LogP contribution in [-0.4, -0.2) is 41.9 Å². The van der Waals surface area contributed by atoms with Gasteiger partial charge in [-0.3, -0.25) is 0 Å². The Labute approximate surface area is 158 Å². The van der Waals surface area contributed by atoms with Gasteiger partial charge in [-0.1, -0.05) is 63.7 Å². The quantitative estimate of drug-likeness (QED) is 0.421.